The van der Waals surface area contributed by atoms with Crippen molar-refractivity contribution in [3.63, 3.8) is 0 Å². The number of morpholine rings is 1. The SMILES string of the molecule is COc1nc(N2CCOCC2)nc(N[C@@H]2CCCN(C(=O)OC(C)(C)C)C2)c1-c1nc2cccc(Cl)c2s1. The van der Waals surface area contributed by atoms with Gasteiger partial charge < -0.3 is 29.3 Å². The van der Waals surface area contributed by atoms with Gasteiger partial charge in [0.15, 0.2) is 0 Å². The number of carbonyl (C=O) groups is 1. The first kappa shape index (κ1) is 26.7. The molecule has 1 aromatic carbocycles. The molecule has 0 saturated carbocycles. The third-order valence-electron chi connectivity index (χ3n) is 6.35. The van der Waals surface area contributed by atoms with Gasteiger partial charge in [0.25, 0.3) is 0 Å². The van der Waals surface area contributed by atoms with Crippen molar-refractivity contribution >= 4 is 51.0 Å². The second-order valence-corrected chi connectivity index (χ2v) is 11.8. The van der Waals surface area contributed by atoms with E-state index in [2.05, 4.69) is 10.2 Å². The molecule has 1 N–H and O–H groups in total. The molecule has 2 aliphatic rings. The van der Waals surface area contributed by atoms with E-state index in [0.717, 1.165) is 23.1 Å². The number of hydrogen-bond donors (Lipinski definition) is 1. The number of carbonyl (C=O) groups excluding carboxylic acids is 1. The van der Waals surface area contributed by atoms with Gasteiger partial charge in [0.05, 0.1) is 35.6 Å². The molecule has 3 aromatic rings. The Morgan fingerprint density at radius 2 is 1.97 bits per heavy atom. The van der Waals surface area contributed by atoms with E-state index in [1.54, 1.807) is 12.0 Å². The van der Waals surface area contributed by atoms with Crippen LogP contribution < -0.4 is 15.0 Å². The lowest BCUT2D eigenvalue weighted by Gasteiger charge is -2.35. The number of methoxy groups -OCH3 is 1. The number of aromatic nitrogens is 3. The smallest absolute Gasteiger partial charge is 0.410 e. The van der Waals surface area contributed by atoms with Crippen molar-refractivity contribution in [2.24, 2.45) is 0 Å². The summed E-state index contributed by atoms with van der Waals surface area (Å²) in [5.74, 6) is 1.61. The van der Waals surface area contributed by atoms with E-state index >= 15 is 0 Å². The summed E-state index contributed by atoms with van der Waals surface area (Å²) >= 11 is 7.94. The second-order valence-electron chi connectivity index (χ2n) is 10.4. The summed E-state index contributed by atoms with van der Waals surface area (Å²) in [6.07, 6.45) is 1.42. The van der Waals surface area contributed by atoms with Crippen LogP contribution in [0.25, 0.3) is 20.8 Å². The Morgan fingerprint density at radius 3 is 2.68 bits per heavy atom. The maximum atomic E-state index is 12.8. The number of nitrogens with one attached hydrogen (secondary N) is 1. The summed E-state index contributed by atoms with van der Waals surface area (Å²) in [4.78, 5) is 31.2. The van der Waals surface area contributed by atoms with Crippen LogP contribution in [-0.2, 0) is 9.47 Å². The number of ether oxygens (including phenoxy) is 3. The van der Waals surface area contributed by atoms with Gasteiger partial charge in [-0.15, -0.1) is 11.3 Å². The zero-order chi connectivity index (χ0) is 26.9. The molecule has 1 atom stereocenters. The Balaban J connectivity index is 1.52. The van der Waals surface area contributed by atoms with Crippen LogP contribution in [0.15, 0.2) is 18.2 Å². The van der Waals surface area contributed by atoms with Crippen LogP contribution in [0.3, 0.4) is 0 Å². The summed E-state index contributed by atoms with van der Waals surface area (Å²) in [5, 5.41) is 4.96. The van der Waals surface area contributed by atoms with Gasteiger partial charge in [-0.05, 0) is 45.7 Å². The number of piperidine rings is 1. The number of fused-ring (bicyclic) bond motifs is 1. The van der Waals surface area contributed by atoms with Crippen molar-refractivity contribution in [2.75, 3.05) is 56.7 Å². The Bertz CT molecular complexity index is 1310. The quantitative estimate of drug-likeness (QED) is 0.458. The lowest BCUT2D eigenvalue weighted by atomic mass is 10.1. The molecule has 0 bridgehead atoms. The fourth-order valence-corrected chi connectivity index (χ4v) is 5.87. The van der Waals surface area contributed by atoms with Crippen molar-refractivity contribution in [1.29, 1.82) is 0 Å². The molecule has 1 amide bonds. The summed E-state index contributed by atoms with van der Waals surface area (Å²) < 4.78 is 17.8. The van der Waals surface area contributed by atoms with E-state index in [0.29, 0.717) is 72.6 Å². The first-order chi connectivity index (χ1) is 18.2. The molecule has 0 unspecified atom stereocenters. The van der Waals surface area contributed by atoms with Crippen molar-refractivity contribution in [3.05, 3.63) is 23.2 Å². The molecule has 5 rings (SSSR count). The van der Waals surface area contributed by atoms with Crippen LogP contribution in [0.4, 0.5) is 16.6 Å². The van der Waals surface area contributed by atoms with Crippen molar-refractivity contribution < 1.29 is 19.0 Å². The van der Waals surface area contributed by atoms with Crippen LogP contribution in [-0.4, -0.2) is 84.1 Å². The number of nitrogens with zero attached hydrogens (tertiary/aromatic N) is 5. The minimum atomic E-state index is -0.550. The van der Waals surface area contributed by atoms with Crippen LogP contribution in [0.2, 0.25) is 5.02 Å². The lowest BCUT2D eigenvalue weighted by Crippen LogP contribution is -2.47. The average Bonchev–Trinajstić information content (AvgIpc) is 3.33. The predicted molar refractivity (Wildman–Crippen MR) is 150 cm³/mol. The van der Waals surface area contributed by atoms with Crippen molar-refractivity contribution in [1.82, 2.24) is 19.9 Å². The lowest BCUT2D eigenvalue weighted by molar-refractivity contribution is 0.0206. The molecule has 0 radical (unpaired) electrons. The summed E-state index contributed by atoms with van der Waals surface area (Å²) in [6.45, 7) is 9.38. The molecule has 2 fully saturated rings. The number of halogens is 1. The molecule has 2 aromatic heterocycles. The van der Waals surface area contributed by atoms with E-state index in [1.165, 1.54) is 11.3 Å². The molecule has 0 spiro atoms. The van der Waals surface area contributed by atoms with Gasteiger partial charge >= 0.3 is 6.09 Å². The van der Waals surface area contributed by atoms with Gasteiger partial charge in [-0.1, -0.05) is 17.7 Å². The number of likely N-dealkylation sites (tertiary alicyclic amines) is 1. The number of hydrogen-bond acceptors (Lipinski definition) is 10. The highest BCUT2D eigenvalue weighted by atomic mass is 35.5. The molecular formula is C26H33ClN6O4S. The molecule has 10 nitrogen and oxygen atoms in total. The Morgan fingerprint density at radius 1 is 1.18 bits per heavy atom. The summed E-state index contributed by atoms with van der Waals surface area (Å²) in [6, 6.07) is 5.64. The van der Waals surface area contributed by atoms with Gasteiger partial charge in [-0.2, -0.15) is 9.97 Å². The first-order valence-corrected chi connectivity index (χ1v) is 14.0. The number of amides is 1. The van der Waals surface area contributed by atoms with Gasteiger partial charge in [0, 0.05) is 32.2 Å². The van der Waals surface area contributed by atoms with Gasteiger partial charge in [0.2, 0.25) is 11.8 Å². The maximum Gasteiger partial charge on any atom is 0.410 e. The summed E-state index contributed by atoms with van der Waals surface area (Å²) in [7, 11) is 1.60. The number of rotatable bonds is 5. The monoisotopic (exact) mass is 560 g/mol. The fraction of sp³-hybridized carbons (Fsp3) is 0.538. The number of thiazole rings is 1. The van der Waals surface area contributed by atoms with Crippen molar-refractivity contribution in [3.8, 4) is 16.5 Å². The van der Waals surface area contributed by atoms with E-state index in [1.807, 2.05) is 39.0 Å². The van der Waals surface area contributed by atoms with E-state index in [9.17, 15) is 4.79 Å². The molecule has 2 saturated heterocycles. The molecule has 204 valence electrons. The Hall–Kier alpha value is -2.89. The highest BCUT2D eigenvalue weighted by molar-refractivity contribution is 7.22. The van der Waals surface area contributed by atoms with E-state index in [4.69, 9.17) is 40.8 Å². The highest BCUT2D eigenvalue weighted by Gasteiger charge is 2.30. The molecule has 12 heteroatoms. The van der Waals surface area contributed by atoms with Crippen LogP contribution >= 0.6 is 22.9 Å². The zero-order valence-corrected chi connectivity index (χ0v) is 23.7. The molecule has 2 aliphatic heterocycles. The van der Waals surface area contributed by atoms with Gasteiger partial charge in [0.1, 0.15) is 22.0 Å². The predicted octanol–water partition coefficient (Wildman–Crippen LogP) is 5.06. The normalized spacial score (nSPS) is 18.5. The second kappa shape index (κ2) is 11.1. The molecule has 4 heterocycles. The third-order valence-corrected chi connectivity index (χ3v) is 7.89. The minimum absolute atomic E-state index is 0.0369. The zero-order valence-electron chi connectivity index (χ0n) is 22.1. The fourth-order valence-electron chi connectivity index (χ4n) is 4.58. The number of benzene rings is 1. The van der Waals surface area contributed by atoms with Crippen LogP contribution in [0.1, 0.15) is 33.6 Å². The third kappa shape index (κ3) is 5.89. The average molecular weight is 561 g/mol. The van der Waals surface area contributed by atoms with E-state index < -0.39 is 5.60 Å². The van der Waals surface area contributed by atoms with Gasteiger partial charge in [-0.25, -0.2) is 9.78 Å². The van der Waals surface area contributed by atoms with Crippen LogP contribution in [0, 0.1) is 0 Å². The standard InChI is InChI=1S/C26H33ClN6O4S/c1-26(2,3)37-25(34)33-10-6-7-16(15-33)28-21-19(23-29-18-9-5-8-17(27)20(18)38-23)22(35-4)31-24(30-21)32-11-13-36-14-12-32/h5,8-9,16H,6-7,10-15H2,1-4H3,(H,28,30,31)/t16-/m1/s1. The maximum absolute atomic E-state index is 12.8. The van der Waals surface area contributed by atoms with E-state index in [-0.39, 0.29) is 12.1 Å². The largest absolute Gasteiger partial charge is 0.480 e. The minimum Gasteiger partial charge on any atom is -0.480 e. The molecule has 0 aliphatic carbocycles. The highest BCUT2D eigenvalue weighted by Crippen LogP contribution is 2.42. The van der Waals surface area contributed by atoms with Gasteiger partial charge in [-0.3, -0.25) is 0 Å². The Kier molecular flexibility index (Phi) is 7.78. The molecular weight excluding hydrogens is 528 g/mol. The number of anilines is 2. The summed E-state index contributed by atoms with van der Waals surface area (Å²) in [5.41, 5.74) is 0.930. The van der Waals surface area contributed by atoms with Crippen LogP contribution in [0.5, 0.6) is 5.88 Å². The molecule has 38 heavy (non-hydrogen) atoms. The Labute approximate surface area is 231 Å². The van der Waals surface area contributed by atoms with Crippen molar-refractivity contribution in [2.45, 2.75) is 45.3 Å². The topological polar surface area (TPSA) is 102 Å². The first-order valence-electron chi connectivity index (χ1n) is 12.8.